The number of rotatable bonds is 3. The SMILES string of the molecule is N#C[C@@H]1[C@H](c2ccc3c(c2)OCO3)[C@@H]1S(=O)(=O)c1ccc(Cl)cc1. The molecular weight excluding hydrogens is 350 g/mol. The van der Waals surface area contributed by atoms with E-state index >= 15 is 0 Å². The zero-order valence-corrected chi connectivity index (χ0v) is 13.9. The lowest BCUT2D eigenvalue weighted by atomic mass is 10.1. The molecule has 1 aliphatic heterocycles. The highest BCUT2D eigenvalue weighted by Crippen LogP contribution is 2.54. The molecule has 3 atom stereocenters. The molecule has 4 rings (SSSR count). The van der Waals surface area contributed by atoms with Crippen LogP contribution in [0.2, 0.25) is 5.02 Å². The number of nitrogens with zero attached hydrogens (tertiary/aromatic N) is 1. The topological polar surface area (TPSA) is 76.4 Å². The second kappa shape index (κ2) is 5.40. The Kier molecular flexibility index (Phi) is 3.44. The van der Waals surface area contributed by atoms with Gasteiger partial charge in [0.15, 0.2) is 21.3 Å². The van der Waals surface area contributed by atoms with Crippen LogP contribution in [0, 0.1) is 17.2 Å². The van der Waals surface area contributed by atoms with Gasteiger partial charge in [-0.3, -0.25) is 0 Å². The van der Waals surface area contributed by atoms with Crippen molar-refractivity contribution in [2.75, 3.05) is 6.79 Å². The molecule has 0 saturated heterocycles. The first-order valence-electron chi connectivity index (χ1n) is 7.31. The van der Waals surface area contributed by atoms with Crippen molar-refractivity contribution in [3.8, 4) is 17.6 Å². The number of nitriles is 1. The second-order valence-electron chi connectivity index (χ2n) is 5.76. The van der Waals surface area contributed by atoms with Crippen molar-refractivity contribution in [1.29, 1.82) is 5.26 Å². The first-order valence-corrected chi connectivity index (χ1v) is 9.23. The van der Waals surface area contributed by atoms with Crippen molar-refractivity contribution in [2.45, 2.75) is 16.1 Å². The zero-order chi connectivity index (χ0) is 16.9. The van der Waals surface area contributed by atoms with E-state index in [1.54, 1.807) is 18.2 Å². The van der Waals surface area contributed by atoms with Gasteiger partial charge < -0.3 is 9.47 Å². The molecular formula is C17H12ClNO4S. The summed E-state index contributed by atoms with van der Waals surface area (Å²) in [6.45, 7) is 0.150. The van der Waals surface area contributed by atoms with Crippen LogP contribution in [0.3, 0.4) is 0 Å². The molecule has 122 valence electrons. The van der Waals surface area contributed by atoms with Crippen LogP contribution in [0.15, 0.2) is 47.4 Å². The summed E-state index contributed by atoms with van der Waals surface area (Å²) in [7, 11) is -3.61. The van der Waals surface area contributed by atoms with Gasteiger partial charge in [-0.25, -0.2) is 8.42 Å². The molecule has 2 aromatic carbocycles. The largest absolute Gasteiger partial charge is 0.454 e. The van der Waals surface area contributed by atoms with Gasteiger partial charge in [-0.1, -0.05) is 17.7 Å². The quantitative estimate of drug-likeness (QED) is 0.839. The van der Waals surface area contributed by atoms with Gasteiger partial charge in [0, 0.05) is 10.9 Å². The average molecular weight is 362 g/mol. The van der Waals surface area contributed by atoms with Gasteiger partial charge >= 0.3 is 0 Å². The molecule has 5 nitrogen and oxygen atoms in total. The Hall–Kier alpha value is -2.23. The van der Waals surface area contributed by atoms with E-state index < -0.39 is 21.0 Å². The Morgan fingerprint density at radius 3 is 2.50 bits per heavy atom. The lowest BCUT2D eigenvalue weighted by Gasteiger charge is -2.05. The molecule has 1 aliphatic carbocycles. The van der Waals surface area contributed by atoms with Crippen molar-refractivity contribution in [3.63, 3.8) is 0 Å². The summed E-state index contributed by atoms with van der Waals surface area (Å²) in [5.41, 5.74) is 0.772. The van der Waals surface area contributed by atoms with Crippen LogP contribution in [0.1, 0.15) is 11.5 Å². The summed E-state index contributed by atoms with van der Waals surface area (Å²) in [4.78, 5) is 0.181. The first-order chi connectivity index (χ1) is 11.5. The van der Waals surface area contributed by atoms with Crippen LogP contribution in [0.5, 0.6) is 11.5 Å². The van der Waals surface area contributed by atoms with Crippen molar-refractivity contribution in [2.24, 2.45) is 5.92 Å². The number of fused-ring (bicyclic) bond motifs is 1. The van der Waals surface area contributed by atoms with E-state index in [1.807, 2.05) is 0 Å². The Balaban J connectivity index is 1.69. The number of ether oxygens (including phenoxy) is 2. The first kappa shape index (κ1) is 15.3. The highest BCUT2D eigenvalue weighted by Gasteiger charge is 2.59. The van der Waals surface area contributed by atoms with Gasteiger partial charge in [-0.05, 0) is 42.0 Å². The third-order valence-electron chi connectivity index (χ3n) is 4.38. The molecule has 0 aromatic heterocycles. The average Bonchev–Trinajstić information content (AvgIpc) is 3.15. The van der Waals surface area contributed by atoms with E-state index in [0.717, 1.165) is 5.56 Å². The van der Waals surface area contributed by atoms with E-state index in [4.69, 9.17) is 21.1 Å². The molecule has 1 fully saturated rings. The molecule has 0 amide bonds. The minimum atomic E-state index is -3.61. The molecule has 0 unspecified atom stereocenters. The van der Waals surface area contributed by atoms with Crippen LogP contribution in [0.4, 0.5) is 0 Å². The van der Waals surface area contributed by atoms with Gasteiger partial charge in [0.1, 0.15) is 0 Å². The smallest absolute Gasteiger partial charge is 0.231 e. The number of hydrogen-bond donors (Lipinski definition) is 0. The second-order valence-corrected chi connectivity index (χ2v) is 8.30. The fourth-order valence-electron chi connectivity index (χ4n) is 3.12. The summed E-state index contributed by atoms with van der Waals surface area (Å²) >= 11 is 5.82. The van der Waals surface area contributed by atoms with E-state index in [0.29, 0.717) is 16.5 Å². The van der Waals surface area contributed by atoms with Gasteiger partial charge in [0.2, 0.25) is 6.79 Å². The highest BCUT2D eigenvalue weighted by atomic mass is 35.5. The lowest BCUT2D eigenvalue weighted by molar-refractivity contribution is 0.174. The number of halogens is 1. The van der Waals surface area contributed by atoms with Crippen LogP contribution >= 0.6 is 11.6 Å². The maximum atomic E-state index is 12.8. The number of hydrogen-bond acceptors (Lipinski definition) is 5. The molecule has 2 aliphatic rings. The summed E-state index contributed by atoms with van der Waals surface area (Å²) < 4.78 is 36.3. The van der Waals surface area contributed by atoms with Crippen molar-refractivity contribution < 1.29 is 17.9 Å². The molecule has 0 bridgehead atoms. The highest BCUT2D eigenvalue weighted by molar-refractivity contribution is 7.92. The fourth-order valence-corrected chi connectivity index (χ4v) is 5.32. The van der Waals surface area contributed by atoms with Crippen molar-refractivity contribution in [3.05, 3.63) is 53.1 Å². The van der Waals surface area contributed by atoms with E-state index in [2.05, 4.69) is 6.07 Å². The molecule has 2 aromatic rings. The van der Waals surface area contributed by atoms with Gasteiger partial charge in [-0.15, -0.1) is 0 Å². The Bertz CT molecular complexity index is 950. The molecule has 0 N–H and O–H groups in total. The predicted octanol–water partition coefficient (Wildman–Crippen LogP) is 3.15. The zero-order valence-electron chi connectivity index (χ0n) is 12.3. The molecule has 1 heterocycles. The molecule has 1 saturated carbocycles. The molecule has 24 heavy (non-hydrogen) atoms. The summed E-state index contributed by atoms with van der Waals surface area (Å²) in [5.74, 6) is 0.264. The Morgan fingerprint density at radius 2 is 1.79 bits per heavy atom. The van der Waals surface area contributed by atoms with E-state index in [9.17, 15) is 13.7 Å². The monoisotopic (exact) mass is 361 g/mol. The van der Waals surface area contributed by atoms with Crippen molar-refractivity contribution in [1.82, 2.24) is 0 Å². The third kappa shape index (κ3) is 2.32. The standard InChI is InChI=1S/C17H12ClNO4S/c18-11-2-4-12(5-3-11)24(20,21)17-13(8-19)16(17)10-1-6-14-15(7-10)23-9-22-14/h1-7,13,16-17H,9H2/t13-,16+,17-/m1/s1. The molecule has 0 spiro atoms. The maximum absolute atomic E-state index is 12.8. The Morgan fingerprint density at radius 1 is 1.08 bits per heavy atom. The van der Waals surface area contributed by atoms with E-state index in [-0.39, 0.29) is 17.6 Å². The van der Waals surface area contributed by atoms with Crippen molar-refractivity contribution >= 4 is 21.4 Å². The Labute approximate surface area is 144 Å². The van der Waals surface area contributed by atoms with Crippen LogP contribution in [0.25, 0.3) is 0 Å². The van der Waals surface area contributed by atoms with Gasteiger partial charge in [-0.2, -0.15) is 5.26 Å². The summed E-state index contributed by atoms with van der Waals surface area (Å²) in [6, 6.07) is 13.4. The van der Waals surface area contributed by atoms with Crippen LogP contribution < -0.4 is 9.47 Å². The lowest BCUT2D eigenvalue weighted by Crippen LogP contribution is -2.10. The third-order valence-corrected chi connectivity index (χ3v) is 6.87. The fraction of sp³-hybridized carbons (Fsp3) is 0.235. The molecule has 7 heteroatoms. The van der Waals surface area contributed by atoms with Gasteiger partial charge in [0.25, 0.3) is 0 Å². The minimum absolute atomic E-state index is 0.150. The summed E-state index contributed by atoms with van der Waals surface area (Å²) in [5, 5.41) is 9.07. The maximum Gasteiger partial charge on any atom is 0.231 e. The van der Waals surface area contributed by atoms with E-state index in [1.165, 1.54) is 24.3 Å². The van der Waals surface area contributed by atoms with Gasteiger partial charge in [0.05, 0.1) is 22.1 Å². The summed E-state index contributed by atoms with van der Waals surface area (Å²) in [6.07, 6.45) is 0. The normalized spacial score (nSPS) is 24.4. The minimum Gasteiger partial charge on any atom is -0.454 e. The number of benzene rings is 2. The predicted molar refractivity (Wildman–Crippen MR) is 86.8 cm³/mol. The molecule has 0 radical (unpaired) electrons. The van der Waals surface area contributed by atoms with Crippen LogP contribution in [-0.2, 0) is 9.84 Å². The number of sulfone groups is 1. The van der Waals surface area contributed by atoms with Crippen LogP contribution in [-0.4, -0.2) is 20.5 Å².